The summed E-state index contributed by atoms with van der Waals surface area (Å²) in [5, 5.41) is 13.3. The number of fused-ring (bicyclic) bond motifs is 1. The van der Waals surface area contributed by atoms with Crippen LogP contribution < -0.4 is 5.32 Å². The monoisotopic (exact) mass is 329 g/mol. The molecule has 1 aromatic heterocycles. The van der Waals surface area contributed by atoms with E-state index in [1.165, 1.54) is 16.5 Å². The van der Waals surface area contributed by atoms with Crippen LogP contribution in [0.4, 0.5) is 4.79 Å². The van der Waals surface area contributed by atoms with Crippen molar-refractivity contribution in [2.24, 2.45) is 5.41 Å². The van der Waals surface area contributed by atoms with E-state index in [4.69, 9.17) is 0 Å². The van der Waals surface area contributed by atoms with Gasteiger partial charge in [-0.3, -0.25) is 4.79 Å². The Morgan fingerprint density at radius 3 is 2.92 bits per heavy atom. The number of carbonyl (C=O) groups excluding carboxylic acids is 1. The number of aromatic nitrogens is 1. The lowest BCUT2D eigenvalue weighted by atomic mass is 9.90. The molecule has 1 atom stereocenters. The number of benzene rings is 1. The number of carboxylic acid groups (broad SMARTS) is 1. The molecule has 6 nitrogen and oxygen atoms in total. The molecule has 2 heterocycles. The number of nitrogens with one attached hydrogen (secondary N) is 2. The Labute approximate surface area is 140 Å². The van der Waals surface area contributed by atoms with Gasteiger partial charge < -0.3 is 20.3 Å². The Hall–Kier alpha value is -2.50. The number of hydrogen-bond acceptors (Lipinski definition) is 2. The number of aryl methyl sites for hydroxylation is 1. The number of carboxylic acids is 1. The number of nitrogens with zero attached hydrogens (tertiary/aromatic N) is 1. The van der Waals surface area contributed by atoms with Gasteiger partial charge in [-0.25, -0.2) is 4.79 Å². The average Bonchev–Trinajstić information content (AvgIpc) is 3.13. The van der Waals surface area contributed by atoms with E-state index in [0.29, 0.717) is 19.5 Å². The summed E-state index contributed by atoms with van der Waals surface area (Å²) < 4.78 is 0. The predicted molar refractivity (Wildman–Crippen MR) is 92.1 cm³/mol. The summed E-state index contributed by atoms with van der Waals surface area (Å²) in [6, 6.07) is 5.99. The highest BCUT2D eigenvalue weighted by molar-refractivity contribution is 5.86. The van der Waals surface area contributed by atoms with Crippen LogP contribution in [0, 0.1) is 12.3 Å². The molecule has 0 aliphatic carbocycles. The molecule has 6 heteroatoms. The third-order valence-corrected chi connectivity index (χ3v) is 4.96. The number of likely N-dealkylation sites (tertiary alicyclic amines) is 1. The van der Waals surface area contributed by atoms with E-state index >= 15 is 0 Å². The molecular formula is C18H23N3O3. The van der Waals surface area contributed by atoms with Crippen molar-refractivity contribution < 1.29 is 14.7 Å². The van der Waals surface area contributed by atoms with E-state index in [9.17, 15) is 14.7 Å². The summed E-state index contributed by atoms with van der Waals surface area (Å²) in [7, 11) is 0. The van der Waals surface area contributed by atoms with Gasteiger partial charge >= 0.3 is 12.0 Å². The second kappa shape index (κ2) is 6.19. The van der Waals surface area contributed by atoms with Gasteiger partial charge in [-0.15, -0.1) is 0 Å². The summed E-state index contributed by atoms with van der Waals surface area (Å²) >= 11 is 0. The number of carbonyl (C=O) groups is 2. The van der Waals surface area contributed by atoms with Crippen molar-refractivity contribution in [1.82, 2.24) is 15.2 Å². The Balaban J connectivity index is 1.56. The van der Waals surface area contributed by atoms with Crippen molar-refractivity contribution in [3.63, 3.8) is 0 Å². The zero-order valence-electron chi connectivity index (χ0n) is 14.1. The molecule has 0 spiro atoms. The SMILES string of the molecule is Cc1cccc2c(CCNC(=O)N3CCC(C)(C(=O)O)C3)c[nH]c12. The van der Waals surface area contributed by atoms with Crippen LogP contribution in [0.1, 0.15) is 24.5 Å². The normalized spacial score (nSPS) is 20.5. The van der Waals surface area contributed by atoms with E-state index in [0.717, 1.165) is 11.9 Å². The summed E-state index contributed by atoms with van der Waals surface area (Å²) in [6.45, 7) is 5.04. The quantitative estimate of drug-likeness (QED) is 0.806. The molecule has 1 aliphatic rings. The Morgan fingerprint density at radius 1 is 1.42 bits per heavy atom. The molecule has 0 saturated carbocycles. The van der Waals surface area contributed by atoms with Gasteiger partial charge in [0, 0.05) is 36.7 Å². The third kappa shape index (κ3) is 2.96. The first kappa shape index (κ1) is 16.4. The minimum atomic E-state index is -0.841. The lowest BCUT2D eigenvalue weighted by molar-refractivity contribution is -0.146. The van der Waals surface area contributed by atoms with E-state index in [-0.39, 0.29) is 12.6 Å². The smallest absolute Gasteiger partial charge is 0.317 e. The highest BCUT2D eigenvalue weighted by Crippen LogP contribution is 2.30. The van der Waals surface area contributed by atoms with Crippen LogP contribution in [0.15, 0.2) is 24.4 Å². The molecular weight excluding hydrogens is 306 g/mol. The van der Waals surface area contributed by atoms with Crippen LogP contribution in [-0.2, 0) is 11.2 Å². The van der Waals surface area contributed by atoms with Crippen LogP contribution in [0.2, 0.25) is 0 Å². The van der Waals surface area contributed by atoms with Crippen molar-refractivity contribution in [1.29, 1.82) is 0 Å². The summed E-state index contributed by atoms with van der Waals surface area (Å²) in [5.41, 5.74) is 2.68. The molecule has 24 heavy (non-hydrogen) atoms. The highest BCUT2D eigenvalue weighted by Gasteiger charge is 2.42. The van der Waals surface area contributed by atoms with Crippen molar-refractivity contribution in [2.45, 2.75) is 26.7 Å². The third-order valence-electron chi connectivity index (χ3n) is 4.96. The molecule has 1 aromatic carbocycles. The maximum absolute atomic E-state index is 12.2. The topological polar surface area (TPSA) is 85.4 Å². The number of rotatable bonds is 4. The van der Waals surface area contributed by atoms with Gasteiger partial charge in [0.2, 0.25) is 0 Å². The van der Waals surface area contributed by atoms with Crippen molar-refractivity contribution in [3.05, 3.63) is 35.5 Å². The highest BCUT2D eigenvalue weighted by atomic mass is 16.4. The standard InChI is InChI=1S/C18H23N3O3/c1-12-4-3-5-14-13(10-20-15(12)14)6-8-19-17(24)21-9-7-18(2,11-21)16(22)23/h3-5,10,20H,6-9,11H2,1-2H3,(H,19,24)(H,22,23). The minimum Gasteiger partial charge on any atom is -0.481 e. The molecule has 1 aliphatic heterocycles. The van der Waals surface area contributed by atoms with E-state index in [2.05, 4.69) is 29.4 Å². The molecule has 3 N–H and O–H groups in total. The Bertz CT molecular complexity index is 783. The van der Waals surface area contributed by atoms with Gasteiger partial charge in [0.05, 0.1) is 5.41 Å². The van der Waals surface area contributed by atoms with Crippen LogP contribution in [0.3, 0.4) is 0 Å². The molecule has 2 amide bonds. The lowest BCUT2D eigenvalue weighted by Crippen LogP contribution is -2.41. The summed E-state index contributed by atoms with van der Waals surface area (Å²) in [5.74, 6) is -0.841. The zero-order valence-corrected chi connectivity index (χ0v) is 14.1. The molecule has 0 radical (unpaired) electrons. The second-order valence-corrected chi connectivity index (χ2v) is 6.83. The molecule has 1 saturated heterocycles. The van der Waals surface area contributed by atoms with Gasteiger partial charge in [-0.2, -0.15) is 0 Å². The first-order valence-corrected chi connectivity index (χ1v) is 8.22. The molecule has 3 rings (SSSR count). The number of amides is 2. The molecule has 2 aromatic rings. The number of aromatic amines is 1. The fourth-order valence-electron chi connectivity index (χ4n) is 3.30. The first-order chi connectivity index (χ1) is 11.4. The molecule has 1 fully saturated rings. The van der Waals surface area contributed by atoms with Gasteiger partial charge in [-0.05, 0) is 37.8 Å². The maximum Gasteiger partial charge on any atom is 0.317 e. The maximum atomic E-state index is 12.2. The fraction of sp³-hybridized carbons (Fsp3) is 0.444. The van der Waals surface area contributed by atoms with Crippen molar-refractivity contribution >= 4 is 22.9 Å². The van der Waals surface area contributed by atoms with Crippen LogP contribution in [-0.4, -0.2) is 46.6 Å². The number of aliphatic carboxylic acids is 1. The molecule has 0 bridgehead atoms. The summed E-state index contributed by atoms with van der Waals surface area (Å²) in [6.07, 6.45) is 3.22. The number of hydrogen-bond donors (Lipinski definition) is 3. The predicted octanol–water partition coefficient (Wildman–Crippen LogP) is 2.53. The number of urea groups is 1. The van der Waals surface area contributed by atoms with Crippen LogP contribution in [0.25, 0.3) is 10.9 Å². The average molecular weight is 329 g/mol. The fourth-order valence-corrected chi connectivity index (χ4v) is 3.30. The first-order valence-electron chi connectivity index (χ1n) is 8.22. The van der Waals surface area contributed by atoms with E-state index < -0.39 is 11.4 Å². The Kier molecular flexibility index (Phi) is 4.22. The van der Waals surface area contributed by atoms with E-state index in [1.807, 2.05) is 12.3 Å². The van der Waals surface area contributed by atoms with Gasteiger partial charge in [0.15, 0.2) is 0 Å². The van der Waals surface area contributed by atoms with Crippen molar-refractivity contribution in [3.8, 4) is 0 Å². The van der Waals surface area contributed by atoms with Gasteiger partial charge in [0.1, 0.15) is 0 Å². The molecule has 128 valence electrons. The summed E-state index contributed by atoms with van der Waals surface area (Å²) in [4.78, 5) is 28.3. The number of H-pyrrole nitrogens is 1. The zero-order chi connectivity index (χ0) is 17.3. The number of para-hydroxylation sites is 1. The van der Waals surface area contributed by atoms with Gasteiger partial charge in [-0.1, -0.05) is 18.2 Å². The molecule has 1 unspecified atom stereocenters. The van der Waals surface area contributed by atoms with Gasteiger partial charge in [0.25, 0.3) is 0 Å². The van der Waals surface area contributed by atoms with Crippen LogP contribution in [0.5, 0.6) is 0 Å². The lowest BCUT2D eigenvalue weighted by Gasteiger charge is -2.20. The van der Waals surface area contributed by atoms with Crippen LogP contribution >= 0.6 is 0 Å². The van der Waals surface area contributed by atoms with Crippen molar-refractivity contribution in [2.75, 3.05) is 19.6 Å². The van der Waals surface area contributed by atoms with E-state index in [1.54, 1.807) is 11.8 Å². The largest absolute Gasteiger partial charge is 0.481 e. The minimum absolute atomic E-state index is 0.184. The second-order valence-electron chi connectivity index (χ2n) is 6.83. The Morgan fingerprint density at radius 2 is 2.21 bits per heavy atom.